The Kier molecular flexibility index (Phi) is 5.28. The van der Waals surface area contributed by atoms with Crippen molar-refractivity contribution in [2.75, 3.05) is 5.32 Å². The standard InChI is InChI=1S/C18H13N3O3/c1-12(17(22)21-16-5-3-2-4-15(16)11-20)24-18(23)14-8-6-13(10-19)7-9-14/h2-9,12H,1H3,(H,21,22)/t12-/m0/s1. The number of amides is 1. The van der Waals surface area contributed by atoms with Gasteiger partial charge in [0.05, 0.1) is 28.4 Å². The van der Waals surface area contributed by atoms with E-state index in [2.05, 4.69) is 5.32 Å². The molecule has 0 spiro atoms. The summed E-state index contributed by atoms with van der Waals surface area (Å²) >= 11 is 0. The number of hydrogen-bond acceptors (Lipinski definition) is 5. The van der Waals surface area contributed by atoms with Gasteiger partial charge in [-0.15, -0.1) is 0 Å². The van der Waals surface area contributed by atoms with Gasteiger partial charge < -0.3 is 10.1 Å². The van der Waals surface area contributed by atoms with Gasteiger partial charge >= 0.3 is 5.97 Å². The van der Waals surface area contributed by atoms with E-state index in [1.165, 1.54) is 31.2 Å². The molecule has 2 aromatic rings. The molecule has 1 atom stereocenters. The number of nitrogens with zero attached hydrogens (tertiary/aromatic N) is 2. The zero-order valence-electron chi connectivity index (χ0n) is 12.8. The maximum Gasteiger partial charge on any atom is 0.338 e. The van der Waals surface area contributed by atoms with Crippen LogP contribution in [0.5, 0.6) is 0 Å². The summed E-state index contributed by atoms with van der Waals surface area (Å²) in [4.78, 5) is 24.1. The van der Waals surface area contributed by atoms with Gasteiger partial charge in [0, 0.05) is 0 Å². The summed E-state index contributed by atoms with van der Waals surface area (Å²) in [5, 5.41) is 20.3. The lowest BCUT2D eigenvalue weighted by molar-refractivity contribution is -0.123. The second-order valence-corrected chi connectivity index (χ2v) is 4.88. The van der Waals surface area contributed by atoms with E-state index in [4.69, 9.17) is 15.3 Å². The fraction of sp³-hybridized carbons (Fsp3) is 0.111. The number of carbonyl (C=O) groups excluding carboxylic acids is 2. The maximum atomic E-state index is 12.1. The molecule has 0 aromatic heterocycles. The Morgan fingerprint density at radius 2 is 1.71 bits per heavy atom. The van der Waals surface area contributed by atoms with Crippen LogP contribution < -0.4 is 5.32 Å². The predicted octanol–water partition coefficient (Wildman–Crippen LogP) is 2.61. The molecular formula is C18H13N3O3. The molecular weight excluding hydrogens is 306 g/mol. The third kappa shape index (κ3) is 3.96. The molecule has 2 rings (SSSR count). The Morgan fingerprint density at radius 3 is 2.33 bits per heavy atom. The van der Waals surface area contributed by atoms with E-state index in [9.17, 15) is 9.59 Å². The molecule has 0 saturated heterocycles. The Labute approximate surface area is 138 Å². The Morgan fingerprint density at radius 1 is 1.04 bits per heavy atom. The van der Waals surface area contributed by atoms with Crippen LogP contribution in [-0.4, -0.2) is 18.0 Å². The van der Waals surface area contributed by atoms with Crippen molar-refractivity contribution in [1.82, 2.24) is 0 Å². The van der Waals surface area contributed by atoms with Crippen LogP contribution in [0, 0.1) is 22.7 Å². The average molecular weight is 319 g/mol. The van der Waals surface area contributed by atoms with Crippen LogP contribution in [0.2, 0.25) is 0 Å². The van der Waals surface area contributed by atoms with E-state index in [-0.39, 0.29) is 5.56 Å². The molecule has 24 heavy (non-hydrogen) atoms. The van der Waals surface area contributed by atoms with Gasteiger partial charge in [0.15, 0.2) is 6.10 Å². The van der Waals surface area contributed by atoms with Gasteiger partial charge in [-0.3, -0.25) is 4.79 Å². The largest absolute Gasteiger partial charge is 0.449 e. The van der Waals surface area contributed by atoms with E-state index in [0.717, 1.165) is 0 Å². The molecule has 0 bridgehead atoms. The summed E-state index contributed by atoms with van der Waals surface area (Å²) < 4.78 is 5.10. The first-order chi connectivity index (χ1) is 11.5. The number of anilines is 1. The van der Waals surface area contributed by atoms with Gasteiger partial charge in [0.1, 0.15) is 6.07 Å². The highest BCUT2D eigenvalue weighted by atomic mass is 16.5. The Bertz CT molecular complexity index is 845. The highest BCUT2D eigenvalue weighted by molar-refractivity contribution is 5.98. The molecule has 2 aromatic carbocycles. The van der Waals surface area contributed by atoms with Crippen LogP contribution in [0.15, 0.2) is 48.5 Å². The van der Waals surface area contributed by atoms with Crippen LogP contribution in [0.1, 0.15) is 28.4 Å². The Hall–Kier alpha value is -3.64. The van der Waals surface area contributed by atoms with Crippen molar-refractivity contribution in [2.45, 2.75) is 13.0 Å². The van der Waals surface area contributed by atoms with Crippen LogP contribution >= 0.6 is 0 Å². The number of rotatable bonds is 4. The first kappa shape index (κ1) is 16.7. The van der Waals surface area contributed by atoms with Gasteiger partial charge in [-0.05, 0) is 43.3 Å². The number of benzene rings is 2. The number of ether oxygens (including phenoxy) is 1. The first-order valence-electron chi connectivity index (χ1n) is 7.06. The normalized spacial score (nSPS) is 10.8. The van der Waals surface area contributed by atoms with Gasteiger partial charge in [-0.1, -0.05) is 12.1 Å². The third-order valence-corrected chi connectivity index (χ3v) is 3.21. The van der Waals surface area contributed by atoms with Gasteiger partial charge in [-0.2, -0.15) is 10.5 Å². The van der Waals surface area contributed by atoms with E-state index in [0.29, 0.717) is 16.8 Å². The minimum atomic E-state index is -1.04. The second-order valence-electron chi connectivity index (χ2n) is 4.88. The summed E-state index contributed by atoms with van der Waals surface area (Å²) in [5.74, 6) is -1.21. The molecule has 0 heterocycles. The highest BCUT2D eigenvalue weighted by Gasteiger charge is 2.19. The van der Waals surface area contributed by atoms with Crippen molar-refractivity contribution in [3.8, 4) is 12.1 Å². The number of para-hydroxylation sites is 1. The van der Waals surface area contributed by atoms with Crippen LogP contribution in [0.3, 0.4) is 0 Å². The summed E-state index contributed by atoms with van der Waals surface area (Å²) in [6.07, 6.45) is -1.04. The van der Waals surface area contributed by atoms with Crippen LogP contribution in [-0.2, 0) is 9.53 Å². The zero-order chi connectivity index (χ0) is 17.5. The molecule has 1 N–H and O–H groups in total. The molecule has 0 fully saturated rings. The summed E-state index contributed by atoms with van der Waals surface area (Å²) in [7, 11) is 0. The van der Waals surface area contributed by atoms with Crippen LogP contribution in [0.4, 0.5) is 5.69 Å². The monoisotopic (exact) mass is 319 g/mol. The SMILES string of the molecule is C[C@H](OC(=O)c1ccc(C#N)cc1)C(=O)Nc1ccccc1C#N. The zero-order valence-corrected chi connectivity index (χ0v) is 12.8. The minimum absolute atomic E-state index is 0.242. The minimum Gasteiger partial charge on any atom is -0.449 e. The number of hydrogen-bond donors (Lipinski definition) is 1. The molecule has 118 valence electrons. The average Bonchev–Trinajstić information content (AvgIpc) is 2.62. The molecule has 0 radical (unpaired) electrons. The summed E-state index contributed by atoms with van der Waals surface area (Å²) in [6.45, 7) is 1.44. The molecule has 0 unspecified atom stereocenters. The predicted molar refractivity (Wildman–Crippen MR) is 85.8 cm³/mol. The lowest BCUT2D eigenvalue weighted by Crippen LogP contribution is -2.30. The quantitative estimate of drug-likeness (QED) is 0.872. The highest BCUT2D eigenvalue weighted by Crippen LogP contribution is 2.14. The van der Waals surface area contributed by atoms with Crippen molar-refractivity contribution in [2.24, 2.45) is 0 Å². The fourth-order valence-electron chi connectivity index (χ4n) is 1.89. The van der Waals surface area contributed by atoms with Crippen molar-refractivity contribution in [3.63, 3.8) is 0 Å². The molecule has 1 amide bonds. The van der Waals surface area contributed by atoms with E-state index in [1.807, 2.05) is 12.1 Å². The van der Waals surface area contributed by atoms with E-state index < -0.39 is 18.0 Å². The third-order valence-electron chi connectivity index (χ3n) is 3.21. The number of nitrogens with one attached hydrogen (secondary N) is 1. The topological polar surface area (TPSA) is 103 Å². The molecule has 0 aliphatic carbocycles. The lowest BCUT2D eigenvalue weighted by Gasteiger charge is -2.14. The maximum absolute atomic E-state index is 12.1. The summed E-state index contributed by atoms with van der Waals surface area (Å²) in [5.41, 5.74) is 1.33. The first-order valence-corrected chi connectivity index (χ1v) is 7.06. The van der Waals surface area contributed by atoms with Gasteiger partial charge in [0.25, 0.3) is 5.91 Å². The Balaban J connectivity index is 2.02. The number of nitriles is 2. The van der Waals surface area contributed by atoms with Crippen molar-refractivity contribution in [3.05, 3.63) is 65.2 Å². The molecule has 0 aliphatic heterocycles. The molecule has 6 heteroatoms. The van der Waals surface area contributed by atoms with Gasteiger partial charge in [-0.25, -0.2) is 4.79 Å². The second kappa shape index (κ2) is 7.57. The van der Waals surface area contributed by atoms with Crippen molar-refractivity contribution >= 4 is 17.6 Å². The fourth-order valence-corrected chi connectivity index (χ4v) is 1.89. The smallest absolute Gasteiger partial charge is 0.338 e. The van der Waals surface area contributed by atoms with E-state index in [1.54, 1.807) is 24.3 Å². The van der Waals surface area contributed by atoms with E-state index >= 15 is 0 Å². The van der Waals surface area contributed by atoms with Crippen LogP contribution in [0.25, 0.3) is 0 Å². The number of esters is 1. The lowest BCUT2D eigenvalue weighted by atomic mass is 10.1. The molecule has 6 nitrogen and oxygen atoms in total. The van der Waals surface area contributed by atoms with Crippen molar-refractivity contribution in [1.29, 1.82) is 10.5 Å². The molecule has 0 aliphatic rings. The number of carbonyl (C=O) groups is 2. The summed E-state index contributed by atoms with van der Waals surface area (Å²) in [6, 6.07) is 16.3. The van der Waals surface area contributed by atoms with Crippen molar-refractivity contribution < 1.29 is 14.3 Å². The molecule has 0 saturated carbocycles. The van der Waals surface area contributed by atoms with Gasteiger partial charge in [0.2, 0.25) is 0 Å².